The number of nitrogens with two attached hydrogens (primary N) is 1. The van der Waals surface area contributed by atoms with Crippen molar-refractivity contribution in [2.24, 2.45) is 5.73 Å². The zero-order chi connectivity index (χ0) is 18.0. The highest BCUT2D eigenvalue weighted by molar-refractivity contribution is 5.84. The molecule has 0 unspecified atom stereocenters. The quantitative estimate of drug-likeness (QED) is 0.267. The van der Waals surface area contributed by atoms with Gasteiger partial charge >= 0.3 is 0 Å². The molecule has 0 radical (unpaired) electrons. The van der Waals surface area contributed by atoms with Crippen molar-refractivity contribution in [2.45, 2.75) is 84.5 Å². The molecule has 0 aliphatic carbocycles. The van der Waals surface area contributed by atoms with Crippen LogP contribution in [0.3, 0.4) is 0 Å². The standard InChI is InChI=1S/C17H38N.C3H5NO.BrH/c1-5-7-8-9-10-11-12-13-14-15-17-18(3,4)16-6-2;1-2-3(4)5;/h5-17H2,1-4H3;2H,1H2,(H2,4,5);1H/q+1;;/p-1. The summed E-state index contributed by atoms with van der Waals surface area (Å²) in [4.78, 5) is 9.47. The van der Waals surface area contributed by atoms with Crippen molar-refractivity contribution in [3.8, 4) is 0 Å². The predicted molar refractivity (Wildman–Crippen MR) is 103 cm³/mol. The number of primary amides is 1. The van der Waals surface area contributed by atoms with Crippen LogP contribution in [0.25, 0.3) is 0 Å². The van der Waals surface area contributed by atoms with Crippen molar-refractivity contribution in [3.05, 3.63) is 12.7 Å². The van der Waals surface area contributed by atoms with Gasteiger partial charge in [0, 0.05) is 0 Å². The minimum absolute atomic E-state index is 0. The molecular weight excluding hydrogens is 364 g/mol. The van der Waals surface area contributed by atoms with Crippen molar-refractivity contribution in [1.29, 1.82) is 0 Å². The second-order valence-electron chi connectivity index (χ2n) is 7.17. The van der Waals surface area contributed by atoms with E-state index < -0.39 is 5.91 Å². The fraction of sp³-hybridized carbons (Fsp3) is 0.850. The van der Waals surface area contributed by atoms with E-state index in [2.05, 4.69) is 40.3 Å². The third-order valence-electron chi connectivity index (χ3n) is 4.15. The van der Waals surface area contributed by atoms with Gasteiger partial charge in [-0.2, -0.15) is 0 Å². The van der Waals surface area contributed by atoms with Crippen LogP contribution in [0.1, 0.15) is 84.5 Å². The fourth-order valence-electron chi connectivity index (χ4n) is 2.74. The molecule has 0 aromatic rings. The van der Waals surface area contributed by atoms with Crippen LogP contribution in [0, 0.1) is 0 Å². The van der Waals surface area contributed by atoms with Crippen molar-refractivity contribution < 1.29 is 26.3 Å². The molecule has 1 amide bonds. The lowest BCUT2D eigenvalue weighted by atomic mass is 10.1. The average Bonchev–Trinajstić information content (AvgIpc) is 2.49. The molecule has 0 aromatic carbocycles. The molecule has 0 bridgehead atoms. The minimum atomic E-state index is -0.481. The average molecular weight is 407 g/mol. The zero-order valence-corrected chi connectivity index (χ0v) is 18.4. The van der Waals surface area contributed by atoms with E-state index >= 15 is 0 Å². The number of hydrogen-bond donors (Lipinski definition) is 1. The molecule has 0 atom stereocenters. The molecule has 0 saturated heterocycles. The van der Waals surface area contributed by atoms with Gasteiger partial charge in [0.05, 0.1) is 27.2 Å². The summed E-state index contributed by atoms with van der Waals surface area (Å²) >= 11 is 0. The maximum atomic E-state index is 9.47. The molecule has 0 rings (SSSR count). The van der Waals surface area contributed by atoms with E-state index in [0.29, 0.717) is 0 Å². The van der Waals surface area contributed by atoms with Crippen LogP contribution in [0.15, 0.2) is 12.7 Å². The molecule has 2 N–H and O–H groups in total. The smallest absolute Gasteiger partial charge is 0.240 e. The maximum Gasteiger partial charge on any atom is 0.240 e. The zero-order valence-electron chi connectivity index (χ0n) is 16.8. The Morgan fingerprint density at radius 1 is 0.833 bits per heavy atom. The van der Waals surface area contributed by atoms with Crippen molar-refractivity contribution in [3.63, 3.8) is 0 Å². The molecule has 0 aliphatic heterocycles. The number of carbonyl (C=O) groups excluding carboxylic acids is 1. The lowest BCUT2D eigenvalue weighted by Crippen LogP contribution is -3.00. The topological polar surface area (TPSA) is 43.1 Å². The van der Waals surface area contributed by atoms with Gasteiger partial charge in [-0.3, -0.25) is 4.79 Å². The van der Waals surface area contributed by atoms with Gasteiger partial charge in [-0.05, 0) is 25.3 Å². The van der Waals surface area contributed by atoms with Gasteiger partial charge in [0.15, 0.2) is 0 Å². The molecule has 3 nitrogen and oxygen atoms in total. The molecule has 0 aliphatic rings. The molecule has 146 valence electrons. The summed E-state index contributed by atoms with van der Waals surface area (Å²) in [5, 5.41) is 0. The first-order valence-corrected chi connectivity index (χ1v) is 9.63. The van der Waals surface area contributed by atoms with Crippen LogP contribution < -0.4 is 22.7 Å². The summed E-state index contributed by atoms with van der Waals surface area (Å²) in [5.41, 5.74) is 4.53. The molecule has 0 heterocycles. The highest BCUT2D eigenvalue weighted by Gasteiger charge is 2.11. The van der Waals surface area contributed by atoms with Crippen molar-refractivity contribution >= 4 is 5.91 Å². The normalized spacial score (nSPS) is 10.3. The van der Waals surface area contributed by atoms with Gasteiger partial charge in [-0.25, -0.2) is 0 Å². The molecule has 0 fully saturated rings. The number of quaternary nitrogens is 1. The summed E-state index contributed by atoms with van der Waals surface area (Å²) in [7, 11) is 4.74. The molecule has 0 spiro atoms. The van der Waals surface area contributed by atoms with Gasteiger partial charge in [0.1, 0.15) is 0 Å². The fourth-order valence-corrected chi connectivity index (χ4v) is 2.74. The number of carbonyl (C=O) groups is 1. The summed E-state index contributed by atoms with van der Waals surface area (Å²) in [5.74, 6) is -0.481. The molecule has 0 saturated carbocycles. The second-order valence-corrected chi connectivity index (χ2v) is 7.17. The lowest BCUT2D eigenvalue weighted by molar-refractivity contribution is -0.890. The molecule has 0 aromatic heterocycles. The molecular formula is C20H43BrN2O. The van der Waals surface area contributed by atoms with Crippen LogP contribution in [0.2, 0.25) is 0 Å². The molecule has 4 heteroatoms. The van der Waals surface area contributed by atoms with Crippen molar-refractivity contribution in [1.82, 2.24) is 0 Å². The Labute approximate surface area is 162 Å². The summed E-state index contributed by atoms with van der Waals surface area (Å²) in [6, 6.07) is 0. The Morgan fingerprint density at radius 3 is 1.54 bits per heavy atom. The third-order valence-corrected chi connectivity index (χ3v) is 4.15. The first-order chi connectivity index (χ1) is 10.9. The Morgan fingerprint density at radius 2 is 1.21 bits per heavy atom. The Bertz CT molecular complexity index is 281. The number of unbranched alkanes of at least 4 members (excludes halogenated alkanes) is 9. The SMILES string of the molecule is C=CC(N)=O.CCCCCCCCCCCC[N+](C)(C)CCC.[Br-]. The molecule has 24 heavy (non-hydrogen) atoms. The maximum absolute atomic E-state index is 9.47. The van der Waals surface area contributed by atoms with Crippen molar-refractivity contribution in [2.75, 3.05) is 27.2 Å². The predicted octanol–water partition coefficient (Wildman–Crippen LogP) is 2.06. The van der Waals surface area contributed by atoms with E-state index in [1.807, 2.05) is 0 Å². The number of nitrogens with zero attached hydrogens (tertiary/aromatic N) is 1. The number of amides is 1. The highest BCUT2D eigenvalue weighted by Crippen LogP contribution is 2.11. The van der Waals surface area contributed by atoms with Gasteiger partial charge in [-0.15, -0.1) is 0 Å². The van der Waals surface area contributed by atoms with E-state index in [9.17, 15) is 4.79 Å². The van der Waals surface area contributed by atoms with Gasteiger partial charge in [0.25, 0.3) is 0 Å². The Balaban J connectivity index is -0.000000639. The Hall–Kier alpha value is -0.350. The van der Waals surface area contributed by atoms with E-state index in [0.717, 1.165) is 6.08 Å². The third kappa shape index (κ3) is 26.5. The van der Waals surface area contributed by atoms with Crippen LogP contribution in [0.4, 0.5) is 0 Å². The number of rotatable bonds is 14. The first kappa shape index (κ1) is 28.5. The van der Waals surface area contributed by atoms with Crippen LogP contribution in [-0.2, 0) is 4.79 Å². The van der Waals surface area contributed by atoms with E-state index in [1.54, 1.807) is 0 Å². The van der Waals surface area contributed by atoms with Gasteiger partial charge in [-0.1, -0.05) is 71.8 Å². The van der Waals surface area contributed by atoms with Gasteiger partial charge < -0.3 is 27.2 Å². The Kier molecular flexibility index (Phi) is 24.5. The monoisotopic (exact) mass is 406 g/mol. The highest BCUT2D eigenvalue weighted by atomic mass is 79.9. The summed E-state index contributed by atoms with van der Waals surface area (Å²) in [6.45, 7) is 10.4. The van der Waals surface area contributed by atoms with Crippen LogP contribution >= 0.6 is 0 Å². The minimum Gasteiger partial charge on any atom is -1.00 e. The first-order valence-electron chi connectivity index (χ1n) is 9.63. The largest absolute Gasteiger partial charge is 1.00 e. The van der Waals surface area contributed by atoms with E-state index in [-0.39, 0.29) is 17.0 Å². The van der Waals surface area contributed by atoms with Crippen LogP contribution in [-0.4, -0.2) is 37.6 Å². The van der Waals surface area contributed by atoms with Gasteiger partial charge in [0.2, 0.25) is 5.91 Å². The second kappa shape index (κ2) is 20.7. The number of hydrogen-bond acceptors (Lipinski definition) is 1. The van der Waals surface area contributed by atoms with Crippen LogP contribution in [0.5, 0.6) is 0 Å². The van der Waals surface area contributed by atoms with E-state index in [4.69, 9.17) is 0 Å². The summed E-state index contributed by atoms with van der Waals surface area (Å²) < 4.78 is 1.22. The number of halogens is 1. The lowest BCUT2D eigenvalue weighted by Gasteiger charge is -2.29. The van der Waals surface area contributed by atoms with E-state index in [1.165, 1.54) is 88.2 Å². The summed E-state index contributed by atoms with van der Waals surface area (Å²) in [6.07, 6.45) is 16.8.